The van der Waals surface area contributed by atoms with Gasteiger partial charge in [0.25, 0.3) is 5.91 Å². The first-order chi connectivity index (χ1) is 12.1. The SMILES string of the molecule is O=C(N[C@H]1CN2CCC1CC2)c1ccc(Cc2cccc(F)c2F)[nH]1. The zero-order valence-electron chi connectivity index (χ0n) is 13.9. The zero-order chi connectivity index (χ0) is 17.4. The van der Waals surface area contributed by atoms with Crippen LogP contribution in [0.25, 0.3) is 0 Å². The van der Waals surface area contributed by atoms with Gasteiger partial charge in [0, 0.05) is 24.7 Å². The molecule has 6 heteroatoms. The Labute approximate surface area is 145 Å². The summed E-state index contributed by atoms with van der Waals surface area (Å²) >= 11 is 0. The molecule has 1 aromatic heterocycles. The maximum absolute atomic E-state index is 13.8. The number of aromatic nitrogens is 1. The number of carbonyl (C=O) groups excluding carboxylic acids is 1. The first-order valence-electron chi connectivity index (χ1n) is 8.74. The minimum atomic E-state index is -0.857. The first kappa shape index (κ1) is 16.3. The highest BCUT2D eigenvalue weighted by Gasteiger charge is 2.35. The lowest BCUT2D eigenvalue weighted by Gasteiger charge is -2.44. The summed E-state index contributed by atoms with van der Waals surface area (Å²) in [6.45, 7) is 3.17. The molecule has 0 radical (unpaired) electrons. The topological polar surface area (TPSA) is 48.1 Å². The van der Waals surface area contributed by atoms with Crippen molar-refractivity contribution in [3.8, 4) is 0 Å². The van der Waals surface area contributed by atoms with Gasteiger partial charge in [0.05, 0.1) is 0 Å². The largest absolute Gasteiger partial charge is 0.354 e. The Morgan fingerprint density at radius 1 is 1.20 bits per heavy atom. The number of H-pyrrole nitrogens is 1. The summed E-state index contributed by atoms with van der Waals surface area (Å²) < 4.78 is 27.1. The molecule has 1 aromatic carbocycles. The number of fused-ring (bicyclic) bond motifs is 3. The van der Waals surface area contributed by atoms with Crippen LogP contribution < -0.4 is 5.32 Å². The number of aromatic amines is 1. The second-order valence-corrected chi connectivity index (χ2v) is 7.00. The molecule has 4 nitrogen and oxygen atoms in total. The van der Waals surface area contributed by atoms with Gasteiger partial charge >= 0.3 is 0 Å². The lowest BCUT2D eigenvalue weighted by molar-refractivity contribution is 0.0618. The standard InChI is InChI=1S/C19H21F2N3O/c20-15-3-1-2-13(18(15)21)10-14-4-5-16(22-14)19(25)23-17-11-24-8-6-12(17)7-9-24/h1-5,12,17,22H,6-11H2,(H,23,25)/t17-/m0/s1. The summed E-state index contributed by atoms with van der Waals surface area (Å²) in [5.74, 6) is -1.27. The van der Waals surface area contributed by atoms with Gasteiger partial charge in [-0.25, -0.2) is 8.78 Å². The summed E-state index contributed by atoms with van der Waals surface area (Å²) in [5, 5.41) is 3.12. The van der Waals surface area contributed by atoms with Crippen LogP contribution in [0.4, 0.5) is 8.78 Å². The molecule has 25 heavy (non-hydrogen) atoms. The van der Waals surface area contributed by atoms with Crippen LogP contribution in [-0.2, 0) is 6.42 Å². The lowest BCUT2D eigenvalue weighted by atomic mass is 9.84. The maximum atomic E-state index is 13.8. The van der Waals surface area contributed by atoms with Gasteiger partial charge in [-0.3, -0.25) is 4.79 Å². The average Bonchev–Trinajstić information content (AvgIpc) is 3.09. The van der Waals surface area contributed by atoms with Crippen LogP contribution >= 0.6 is 0 Å². The summed E-state index contributed by atoms with van der Waals surface area (Å²) in [4.78, 5) is 17.9. The van der Waals surface area contributed by atoms with E-state index in [-0.39, 0.29) is 23.9 Å². The molecule has 3 aliphatic heterocycles. The van der Waals surface area contributed by atoms with Crippen LogP contribution in [0.3, 0.4) is 0 Å². The normalized spacial score (nSPS) is 25.1. The first-order valence-corrected chi connectivity index (χ1v) is 8.74. The van der Waals surface area contributed by atoms with Crippen molar-refractivity contribution in [3.63, 3.8) is 0 Å². The third-order valence-electron chi connectivity index (χ3n) is 5.38. The number of nitrogens with one attached hydrogen (secondary N) is 2. The van der Waals surface area contributed by atoms with Crippen molar-refractivity contribution in [2.75, 3.05) is 19.6 Å². The van der Waals surface area contributed by atoms with Gasteiger partial charge in [0.1, 0.15) is 5.69 Å². The number of nitrogens with zero attached hydrogens (tertiary/aromatic N) is 1. The second kappa shape index (κ2) is 6.59. The molecule has 0 spiro atoms. The fraction of sp³-hybridized carbons (Fsp3) is 0.421. The molecule has 3 fully saturated rings. The number of hydrogen-bond donors (Lipinski definition) is 2. The molecule has 0 unspecified atom stereocenters. The number of halogens is 2. The Hall–Kier alpha value is -2.21. The zero-order valence-corrected chi connectivity index (χ0v) is 13.9. The summed E-state index contributed by atoms with van der Waals surface area (Å²) in [6, 6.07) is 7.77. The van der Waals surface area contributed by atoms with E-state index in [1.54, 1.807) is 18.2 Å². The summed E-state index contributed by atoms with van der Waals surface area (Å²) in [6.07, 6.45) is 2.50. The highest BCUT2D eigenvalue weighted by molar-refractivity contribution is 5.92. The fourth-order valence-electron chi connectivity index (χ4n) is 3.94. The fourth-order valence-corrected chi connectivity index (χ4v) is 3.94. The number of piperidine rings is 3. The average molecular weight is 345 g/mol. The molecule has 1 atom stereocenters. The van der Waals surface area contributed by atoms with Crippen molar-refractivity contribution in [1.82, 2.24) is 15.2 Å². The van der Waals surface area contributed by atoms with Gasteiger partial charge < -0.3 is 15.2 Å². The highest BCUT2D eigenvalue weighted by Crippen LogP contribution is 2.27. The van der Waals surface area contributed by atoms with E-state index in [4.69, 9.17) is 0 Å². The van der Waals surface area contributed by atoms with E-state index in [0.717, 1.165) is 38.5 Å². The predicted molar refractivity (Wildman–Crippen MR) is 90.4 cm³/mol. The van der Waals surface area contributed by atoms with Crippen LogP contribution in [-0.4, -0.2) is 41.5 Å². The monoisotopic (exact) mass is 345 g/mol. The van der Waals surface area contributed by atoms with Gasteiger partial charge in [-0.2, -0.15) is 0 Å². The molecule has 2 bridgehead atoms. The molecule has 1 amide bonds. The minimum absolute atomic E-state index is 0.135. The summed E-state index contributed by atoms with van der Waals surface area (Å²) in [7, 11) is 0. The van der Waals surface area contributed by atoms with Crippen molar-refractivity contribution >= 4 is 5.91 Å². The van der Waals surface area contributed by atoms with Gasteiger partial charge in [0.15, 0.2) is 11.6 Å². The maximum Gasteiger partial charge on any atom is 0.267 e. The Morgan fingerprint density at radius 2 is 2.00 bits per heavy atom. The Bertz CT molecular complexity index is 781. The third-order valence-corrected chi connectivity index (χ3v) is 5.38. The molecule has 4 heterocycles. The van der Waals surface area contributed by atoms with Crippen molar-refractivity contribution in [1.29, 1.82) is 0 Å². The second-order valence-electron chi connectivity index (χ2n) is 7.00. The molecule has 3 saturated heterocycles. The Balaban J connectivity index is 1.42. The third kappa shape index (κ3) is 3.31. The van der Waals surface area contributed by atoms with E-state index in [9.17, 15) is 13.6 Å². The van der Waals surface area contributed by atoms with E-state index < -0.39 is 11.6 Å². The number of carbonyl (C=O) groups is 1. The molecule has 3 aliphatic rings. The van der Waals surface area contributed by atoms with Gasteiger partial charge in [0.2, 0.25) is 0 Å². The quantitative estimate of drug-likeness (QED) is 0.895. The smallest absolute Gasteiger partial charge is 0.267 e. The van der Waals surface area contributed by atoms with Crippen LogP contribution in [0.15, 0.2) is 30.3 Å². The van der Waals surface area contributed by atoms with Crippen molar-refractivity contribution in [2.24, 2.45) is 5.92 Å². The molecule has 132 valence electrons. The number of benzene rings is 1. The lowest BCUT2D eigenvalue weighted by Crippen LogP contribution is -2.57. The number of hydrogen-bond acceptors (Lipinski definition) is 2. The van der Waals surface area contributed by atoms with Gasteiger partial charge in [-0.1, -0.05) is 12.1 Å². The van der Waals surface area contributed by atoms with Crippen molar-refractivity contribution in [2.45, 2.75) is 25.3 Å². The molecular formula is C19H21F2N3O. The van der Waals surface area contributed by atoms with Crippen molar-refractivity contribution < 1.29 is 13.6 Å². The molecular weight excluding hydrogens is 324 g/mol. The van der Waals surface area contributed by atoms with Crippen molar-refractivity contribution in [3.05, 3.63) is 58.9 Å². The van der Waals surface area contributed by atoms with Gasteiger partial charge in [-0.05, 0) is 55.6 Å². The van der Waals surface area contributed by atoms with Gasteiger partial charge in [-0.15, -0.1) is 0 Å². The summed E-state index contributed by atoms with van der Waals surface area (Å²) in [5.41, 5.74) is 1.41. The molecule has 2 N–H and O–H groups in total. The van der Waals surface area contributed by atoms with E-state index in [1.807, 2.05) is 0 Å². The molecule has 5 rings (SSSR count). The van der Waals surface area contributed by atoms with E-state index in [0.29, 0.717) is 17.3 Å². The Morgan fingerprint density at radius 3 is 2.72 bits per heavy atom. The highest BCUT2D eigenvalue weighted by atomic mass is 19.2. The van der Waals surface area contributed by atoms with E-state index in [2.05, 4.69) is 15.2 Å². The van der Waals surface area contributed by atoms with E-state index in [1.165, 1.54) is 6.07 Å². The predicted octanol–water partition coefficient (Wildman–Crippen LogP) is 2.71. The number of rotatable bonds is 4. The Kier molecular flexibility index (Phi) is 4.29. The molecule has 0 aliphatic carbocycles. The van der Waals surface area contributed by atoms with E-state index >= 15 is 0 Å². The number of amides is 1. The van der Waals surface area contributed by atoms with Crippen LogP contribution in [0.1, 0.15) is 34.6 Å². The minimum Gasteiger partial charge on any atom is -0.354 e. The van der Waals surface area contributed by atoms with Crippen LogP contribution in [0, 0.1) is 17.6 Å². The molecule has 2 aromatic rings. The van der Waals surface area contributed by atoms with Crippen LogP contribution in [0.2, 0.25) is 0 Å². The van der Waals surface area contributed by atoms with Crippen LogP contribution in [0.5, 0.6) is 0 Å². The molecule has 0 saturated carbocycles.